The number of hydrogen-bond donors (Lipinski definition) is 0. The SMILES string of the molecule is CCC(=O)OC(=O)CC(Br)(CC)CC. The molecule has 0 spiro atoms. The van der Waals surface area contributed by atoms with Gasteiger partial charge in [0, 0.05) is 10.7 Å². The van der Waals surface area contributed by atoms with E-state index in [0.29, 0.717) is 0 Å². The lowest BCUT2D eigenvalue weighted by Crippen LogP contribution is -2.25. The summed E-state index contributed by atoms with van der Waals surface area (Å²) in [4.78, 5) is 22.1. The van der Waals surface area contributed by atoms with Crippen molar-refractivity contribution in [3.63, 3.8) is 0 Å². The molecule has 14 heavy (non-hydrogen) atoms. The summed E-state index contributed by atoms with van der Waals surface area (Å²) in [5, 5.41) is 0. The van der Waals surface area contributed by atoms with Gasteiger partial charge in [0.05, 0.1) is 6.42 Å². The fourth-order valence-corrected chi connectivity index (χ4v) is 1.22. The lowest BCUT2D eigenvalue weighted by atomic mass is 9.99. The average molecular weight is 265 g/mol. The average Bonchev–Trinajstić information content (AvgIpc) is 2.17. The fourth-order valence-electron chi connectivity index (χ4n) is 0.994. The minimum Gasteiger partial charge on any atom is -0.393 e. The third-order valence-corrected chi connectivity index (χ3v) is 3.65. The Morgan fingerprint density at radius 1 is 1.14 bits per heavy atom. The Hall–Kier alpha value is -0.380. The van der Waals surface area contributed by atoms with Crippen LogP contribution >= 0.6 is 15.9 Å². The Balaban J connectivity index is 4.10. The molecule has 0 fully saturated rings. The topological polar surface area (TPSA) is 43.4 Å². The molecule has 0 bridgehead atoms. The Bertz CT molecular complexity index is 209. The van der Waals surface area contributed by atoms with Crippen LogP contribution in [0.4, 0.5) is 0 Å². The third kappa shape index (κ3) is 4.74. The molecule has 4 heteroatoms. The van der Waals surface area contributed by atoms with Gasteiger partial charge in [-0.1, -0.05) is 36.7 Å². The van der Waals surface area contributed by atoms with Crippen molar-refractivity contribution < 1.29 is 14.3 Å². The molecule has 0 rings (SSSR count). The summed E-state index contributed by atoms with van der Waals surface area (Å²) in [6.45, 7) is 5.65. The van der Waals surface area contributed by atoms with Gasteiger partial charge in [-0.2, -0.15) is 0 Å². The maximum absolute atomic E-state index is 11.3. The minimum atomic E-state index is -0.461. The smallest absolute Gasteiger partial charge is 0.314 e. The summed E-state index contributed by atoms with van der Waals surface area (Å²) in [5.74, 6) is -0.908. The second-order valence-electron chi connectivity index (χ2n) is 3.23. The van der Waals surface area contributed by atoms with Crippen molar-refractivity contribution in [3.8, 4) is 0 Å². The zero-order chi connectivity index (χ0) is 11.2. The molecule has 0 atom stereocenters. The molecular formula is C10H17BrO3. The van der Waals surface area contributed by atoms with Gasteiger partial charge in [0.15, 0.2) is 0 Å². The molecule has 0 aromatic rings. The highest BCUT2D eigenvalue weighted by Crippen LogP contribution is 2.30. The maximum Gasteiger partial charge on any atom is 0.314 e. The molecule has 0 aliphatic rings. The molecule has 0 radical (unpaired) electrons. The van der Waals surface area contributed by atoms with Crippen LogP contribution in [0, 0.1) is 0 Å². The summed E-state index contributed by atoms with van der Waals surface area (Å²) in [6, 6.07) is 0. The first-order chi connectivity index (χ1) is 6.47. The number of halogens is 1. The second-order valence-corrected chi connectivity index (χ2v) is 4.92. The summed E-state index contributed by atoms with van der Waals surface area (Å²) in [5.41, 5.74) is 0. The maximum atomic E-state index is 11.3. The van der Waals surface area contributed by atoms with E-state index in [2.05, 4.69) is 20.7 Å². The van der Waals surface area contributed by atoms with Gasteiger partial charge in [-0.25, -0.2) is 0 Å². The molecule has 0 heterocycles. The summed E-state index contributed by atoms with van der Waals surface area (Å²) in [6.07, 6.45) is 2.14. The van der Waals surface area contributed by atoms with E-state index < -0.39 is 11.9 Å². The van der Waals surface area contributed by atoms with E-state index in [4.69, 9.17) is 0 Å². The van der Waals surface area contributed by atoms with E-state index >= 15 is 0 Å². The van der Waals surface area contributed by atoms with Crippen LogP contribution in [-0.4, -0.2) is 16.3 Å². The van der Waals surface area contributed by atoms with Crippen LogP contribution in [0.25, 0.3) is 0 Å². The highest BCUT2D eigenvalue weighted by atomic mass is 79.9. The highest BCUT2D eigenvalue weighted by Gasteiger charge is 2.27. The molecule has 0 amide bonds. The third-order valence-electron chi connectivity index (χ3n) is 2.24. The number of carbonyl (C=O) groups excluding carboxylic acids is 2. The summed E-state index contributed by atoms with van der Waals surface area (Å²) >= 11 is 3.48. The standard InChI is InChI=1S/C10H17BrO3/c1-4-8(12)14-9(13)7-10(11,5-2)6-3/h4-7H2,1-3H3. The summed E-state index contributed by atoms with van der Waals surface area (Å²) in [7, 11) is 0. The van der Waals surface area contributed by atoms with Gasteiger partial charge in [-0.3, -0.25) is 9.59 Å². The van der Waals surface area contributed by atoms with Crippen molar-refractivity contribution in [2.24, 2.45) is 0 Å². The monoisotopic (exact) mass is 264 g/mol. The van der Waals surface area contributed by atoms with E-state index in [0.717, 1.165) is 12.8 Å². The van der Waals surface area contributed by atoms with E-state index in [1.54, 1.807) is 6.92 Å². The molecule has 82 valence electrons. The lowest BCUT2D eigenvalue weighted by Gasteiger charge is -2.22. The predicted molar refractivity (Wildman–Crippen MR) is 58.2 cm³/mol. The first-order valence-electron chi connectivity index (χ1n) is 4.89. The first kappa shape index (κ1) is 13.6. The van der Waals surface area contributed by atoms with Crippen molar-refractivity contribution in [3.05, 3.63) is 0 Å². The number of hydrogen-bond acceptors (Lipinski definition) is 3. The van der Waals surface area contributed by atoms with Gasteiger partial charge >= 0.3 is 11.9 Å². The first-order valence-corrected chi connectivity index (χ1v) is 5.69. The van der Waals surface area contributed by atoms with Gasteiger partial charge in [0.1, 0.15) is 0 Å². The molecular weight excluding hydrogens is 248 g/mol. The number of alkyl halides is 1. The van der Waals surface area contributed by atoms with Crippen LogP contribution in [0.3, 0.4) is 0 Å². The van der Waals surface area contributed by atoms with Crippen LogP contribution in [0.15, 0.2) is 0 Å². The van der Waals surface area contributed by atoms with Crippen LogP contribution in [0.5, 0.6) is 0 Å². The number of rotatable bonds is 5. The normalized spacial score (nSPS) is 11.1. The van der Waals surface area contributed by atoms with Crippen molar-refractivity contribution >= 4 is 27.9 Å². The quantitative estimate of drug-likeness (QED) is 0.436. The second kappa shape index (κ2) is 6.17. The van der Waals surface area contributed by atoms with Crippen LogP contribution in [0.2, 0.25) is 0 Å². The molecule has 0 saturated carbocycles. The fraction of sp³-hybridized carbons (Fsp3) is 0.800. The molecule has 0 aliphatic heterocycles. The lowest BCUT2D eigenvalue weighted by molar-refractivity contribution is -0.159. The molecule has 0 aromatic carbocycles. The van der Waals surface area contributed by atoms with E-state index in [1.165, 1.54) is 0 Å². The van der Waals surface area contributed by atoms with E-state index in [-0.39, 0.29) is 17.2 Å². The molecule has 3 nitrogen and oxygen atoms in total. The Labute approximate surface area is 93.3 Å². The molecule has 0 unspecified atom stereocenters. The summed E-state index contributed by atoms with van der Waals surface area (Å²) < 4.78 is 4.37. The van der Waals surface area contributed by atoms with Crippen LogP contribution in [0.1, 0.15) is 46.5 Å². The van der Waals surface area contributed by atoms with Crippen molar-refractivity contribution in [1.82, 2.24) is 0 Å². The predicted octanol–water partition coefficient (Wildman–Crippen LogP) is 2.81. The number of carbonyl (C=O) groups is 2. The van der Waals surface area contributed by atoms with Crippen LogP contribution in [-0.2, 0) is 14.3 Å². The Morgan fingerprint density at radius 2 is 1.64 bits per heavy atom. The minimum absolute atomic E-state index is 0.224. The Kier molecular flexibility index (Phi) is 6.00. The zero-order valence-corrected chi connectivity index (χ0v) is 10.5. The molecule has 0 N–H and O–H groups in total. The van der Waals surface area contributed by atoms with Gasteiger partial charge in [0.25, 0.3) is 0 Å². The van der Waals surface area contributed by atoms with Crippen molar-refractivity contribution in [2.45, 2.75) is 50.8 Å². The van der Waals surface area contributed by atoms with Crippen molar-refractivity contribution in [2.75, 3.05) is 0 Å². The zero-order valence-electron chi connectivity index (χ0n) is 8.93. The van der Waals surface area contributed by atoms with Gasteiger partial charge in [0.2, 0.25) is 0 Å². The molecule has 0 aliphatic carbocycles. The molecule has 0 saturated heterocycles. The molecule has 0 aromatic heterocycles. The van der Waals surface area contributed by atoms with Gasteiger partial charge < -0.3 is 4.74 Å². The van der Waals surface area contributed by atoms with Gasteiger partial charge in [-0.05, 0) is 12.8 Å². The highest BCUT2D eigenvalue weighted by molar-refractivity contribution is 9.10. The van der Waals surface area contributed by atoms with Crippen LogP contribution < -0.4 is 0 Å². The number of esters is 2. The largest absolute Gasteiger partial charge is 0.393 e. The van der Waals surface area contributed by atoms with Gasteiger partial charge in [-0.15, -0.1) is 0 Å². The van der Waals surface area contributed by atoms with E-state index in [1.807, 2.05) is 13.8 Å². The van der Waals surface area contributed by atoms with E-state index in [9.17, 15) is 9.59 Å². The number of ether oxygens (including phenoxy) is 1. The Morgan fingerprint density at radius 3 is 2.00 bits per heavy atom. The van der Waals surface area contributed by atoms with Crippen molar-refractivity contribution in [1.29, 1.82) is 0 Å².